The molecule has 32 heavy (non-hydrogen) atoms. The minimum atomic E-state index is -0.521. The number of carbonyl (C=O) groups is 2. The molecule has 1 fully saturated rings. The normalized spacial score (nSPS) is 16.2. The van der Waals surface area contributed by atoms with Crippen molar-refractivity contribution in [3.63, 3.8) is 0 Å². The molecule has 1 aliphatic rings. The van der Waals surface area contributed by atoms with Gasteiger partial charge in [0.05, 0.1) is 4.47 Å². The van der Waals surface area contributed by atoms with Crippen molar-refractivity contribution in [3.8, 4) is 0 Å². The van der Waals surface area contributed by atoms with E-state index in [-0.39, 0.29) is 23.4 Å². The van der Waals surface area contributed by atoms with Crippen LogP contribution in [0, 0.1) is 11.6 Å². The van der Waals surface area contributed by atoms with Gasteiger partial charge >= 0.3 is 0 Å². The molecule has 4 rings (SSSR count). The highest BCUT2D eigenvalue weighted by Crippen LogP contribution is 2.21. The van der Waals surface area contributed by atoms with Crippen molar-refractivity contribution in [3.05, 3.63) is 75.9 Å². The average molecular weight is 502 g/mol. The average Bonchev–Trinajstić information content (AvgIpc) is 3.42. The smallest absolute Gasteiger partial charge is 0.247 e. The van der Waals surface area contributed by atoms with E-state index in [1.807, 2.05) is 6.20 Å². The number of hydrogen-bond acceptors (Lipinski definition) is 2. The second kappa shape index (κ2) is 9.65. The summed E-state index contributed by atoms with van der Waals surface area (Å²) in [6, 6.07) is 8.53. The van der Waals surface area contributed by atoms with Crippen LogP contribution in [0.25, 0.3) is 17.0 Å². The van der Waals surface area contributed by atoms with Gasteiger partial charge < -0.3 is 15.2 Å². The van der Waals surface area contributed by atoms with E-state index in [9.17, 15) is 18.4 Å². The Labute approximate surface area is 192 Å². The maximum Gasteiger partial charge on any atom is 0.247 e. The number of rotatable bonds is 6. The molecule has 2 N–H and O–H groups in total. The van der Waals surface area contributed by atoms with Crippen LogP contribution in [-0.4, -0.2) is 40.8 Å². The number of hydrogen-bond donors (Lipinski definition) is 2. The highest BCUT2D eigenvalue weighted by Gasteiger charge is 2.32. The summed E-state index contributed by atoms with van der Waals surface area (Å²) in [5.74, 6) is -1.12. The number of aromatic nitrogens is 1. The number of likely N-dealkylation sites (tertiary alicyclic amines) is 1. The Hall–Kier alpha value is -3.00. The molecule has 2 amide bonds. The molecule has 1 atom stereocenters. The highest BCUT2D eigenvalue weighted by molar-refractivity contribution is 9.10. The van der Waals surface area contributed by atoms with Gasteiger partial charge in [0.1, 0.15) is 17.7 Å². The van der Waals surface area contributed by atoms with Gasteiger partial charge in [-0.3, -0.25) is 9.59 Å². The standard InChI is InChI=1S/C24H22BrF2N3O2/c25-19-12-15(3-6-20(19)27)4-8-23(31)30-11-1-2-22(30)24(32)28-10-9-16-14-29-21-7-5-17(26)13-18(16)21/h3-8,12-14,22,29H,1-2,9-11H2,(H,28,32). The predicted molar refractivity (Wildman–Crippen MR) is 123 cm³/mol. The summed E-state index contributed by atoms with van der Waals surface area (Å²) < 4.78 is 27.2. The fraction of sp³-hybridized carbons (Fsp3) is 0.250. The molecular formula is C24H22BrF2N3O2. The molecule has 0 spiro atoms. The van der Waals surface area contributed by atoms with Gasteiger partial charge in [0.15, 0.2) is 0 Å². The number of fused-ring (bicyclic) bond motifs is 1. The first kappa shape index (κ1) is 22.2. The molecule has 5 nitrogen and oxygen atoms in total. The maximum absolute atomic E-state index is 13.5. The van der Waals surface area contributed by atoms with Crippen LogP contribution in [0.2, 0.25) is 0 Å². The lowest BCUT2D eigenvalue weighted by Gasteiger charge is -2.22. The van der Waals surface area contributed by atoms with Gasteiger partial charge in [-0.2, -0.15) is 0 Å². The molecule has 0 radical (unpaired) electrons. The van der Waals surface area contributed by atoms with Crippen LogP contribution < -0.4 is 5.32 Å². The largest absolute Gasteiger partial charge is 0.361 e. The molecule has 1 saturated heterocycles. The Morgan fingerprint density at radius 1 is 1.22 bits per heavy atom. The van der Waals surface area contributed by atoms with E-state index in [1.165, 1.54) is 24.3 Å². The lowest BCUT2D eigenvalue weighted by atomic mass is 10.1. The fourth-order valence-electron chi connectivity index (χ4n) is 3.98. The third kappa shape index (κ3) is 4.91. The molecule has 1 aliphatic heterocycles. The molecule has 0 saturated carbocycles. The summed E-state index contributed by atoms with van der Waals surface area (Å²) in [5, 5.41) is 3.70. The number of nitrogens with zero attached hydrogens (tertiary/aromatic N) is 1. The van der Waals surface area contributed by atoms with E-state index in [0.717, 1.165) is 22.9 Å². The van der Waals surface area contributed by atoms with E-state index in [1.54, 1.807) is 29.2 Å². The Balaban J connectivity index is 1.34. The van der Waals surface area contributed by atoms with Crippen LogP contribution >= 0.6 is 15.9 Å². The van der Waals surface area contributed by atoms with Crippen LogP contribution in [0.5, 0.6) is 0 Å². The Morgan fingerprint density at radius 3 is 2.88 bits per heavy atom. The van der Waals surface area contributed by atoms with Crippen molar-refractivity contribution in [2.45, 2.75) is 25.3 Å². The summed E-state index contributed by atoms with van der Waals surface area (Å²) in [6.45, 7) is 0.899. The molecule has 2 heterocycles. The molecule has 166 valence electrons. The van der Waals surface area contributed by atoms with Crippen molar-refractivity contribution in [1.82, 2.24) is 15.2 Å². The van der Waals surface area contributed by atoms with Crippen LogP contribution in [-0.2, 0) is 16.0 Å². The lowest BCUT2D eigenvalue weighted by molar-refractivity contribution is -0.135. The molecule has 2 aromatic carbocycles. The first-order chi connectivity index (χ1) is 15.4. The molecule has 0 aliphatic carbocycles. The van der Waals surface area contributed by atoms with E-state index in [2.05, 4.69) is 26.2 Å². The van der Waals surface area contributed by atoms with E-state index >= 15 is 0 Å². The second-order valence-corrected chi connectivity index (χ2v) is 8.60. The molecule has 0 bridgehead atoms. The van der Waals surface area contributed by atoms with Crippen molar-refractivity contribution in [2.24, 2.45) is 0 Å². The van der Waals surface area contributed by atoms with Gasteiger partial charge in [0.25, 0.3) is 0 Å². The monoisotopic (exact) mass is 501 g/mol. The summed E-state index contributed by atoms with van der Waals surface area (Å²) >= 11 is 3.13. The van der Waals surface area contributed by atoms with Crippen molar-refractivity contribution in [1.29, 1.82) is 0 Å². The van der Waals surface area contributed by atoms with Crippen molar-refractivity contribution < 1.29 is 18.4 Å². The first-order valence-corrected chi connectivity index (χ1v) is 11.2. The zero-order valence-corrected chi connectivity index (χ0v) is 18.8. The van der Waals surface area contributed by atoms with Gasteiger partial charge in [-0.05, 0) is 82.7 Å². The van der Waals surface area contributed by atoms with Crippen LogP contribution in [0.15, 0.2) is 53.1 Å². The van der Waals surface area contributed by atoms with Gasteiger partial charge in [-0.25, -0.2) is 8.78 Å². The Morgan fingerprint density at radius 2 is 2.06 bits per heavy atom. The van der Waals surface area contributed by atoms with Crippen LogP contribution in [0.3, 0.4) is 0 Å². The van der Waals surface area contributed by atoms with Gasteiger partial charge in [0.2, 0.25) is 11.8 Å². The summed E-state index contributed by atoms with van der Waals surface area (Å²) in [5.41, 5.74) is 2.45. The van der Waals surface area contributed by atoms with Gasteiger partial charge in [-0.1, -0.05) is 6.07 Å². The number of carbonyl (C=O) groups excluding carboxylic acids is 2. The summed E-state index contributed by atoms with van der Waals surface area (Å²) in [6.07, 6.45) is 6.74. The third-order valence-corrected chi connectivity index (χ3v) is 6.23. The number of halogens is 3. The van der Waals surface area contributed by atoms with Crippen molar-refractivity contribution >= 4 is 44.7 Å². The quantitative estimate of drug-likeness (QED) is 0.485. The molecule has 1 unspecified atom stereocenters. The van der Waals surface area contributed by atoms with Gasteiger partial charge in [-0.15, -0.1) is 0 Å². The lowest BCUT2D eigenvalue weighted by Crippen LogP contribution is -2.45. The predicted octanol–water partition coefficient (Wildman–Crippen LogP) is 4.57. The SMILES string of the molecule is O=C(NCCc1c[nH]c2ccc(F)cc12)C1CCCN1C(=O)C=Cc1ccc(F)c(Br)c1. The first-order valence-electron chi connectivity index (χ1n) is 10.4. The molecule has 8 heteroatoms. The third-order valence-electron chi connectivity index (χ3n) is 5.62. The van der Waals surface area contributed by atoms with E-state index in [4.69, 9.17) is 0 Å². The minimum Gasteiger partial charge on any atom is -0.361 e. The molecular weight excluding hydrogens is 480 g/mol. The Kier molecular flexibility index (Phi) is 6.69. The van der Waals surface area contributed by atoms with Gasteiger partial charge in [0, 0.05) is 36.3 Å². The van der Waals surface area contributed by atoms with E-state index < -0.39 is 6.04 Å². The summed E-state index contributed by atoms with van der Waals surface area (Å²) in [4.78, 5) is 30.0. The van der Waals surface area contributed by atoms with Crippen LogP contribution in [0.4, 0.5) is 8.78 Å². The van der Waals surface area contributed by atoms with Crippen LogP contribution in [0.1, 0.15) is 24.0 Å². The second-order valence-electron chi connectivity index (χ2n) is 7.74. The topological polar surface area (TPSA) is 65.2 Å². The fourth-order valence-corrected chi connectivity index (χ4v) is 4.37. The Bertz CT molecular complexity index is 1190. The number of nitrogens with one attached hydrogen (secondary N) is 2. The molecule has 3 aromatic rings. The summed E-state index contributed by atoms with van der Waals surface area (Å²) in [7, 11) is 0. The zero-order chi connectivity index (χ0) is 22.7. The zero-order valence-electron chi connectivity index (χ0n) is 17.2. The number of aromatic amines is 1. The molecule has 1 aromatic heterocycles. The highest BCUT2D eigenvalue weighted by atomic mass is 79.9. The number of H-pyrrole nitrogens is 1. The van der Waals surface area contributed by atoms with Crippen molar-refractivity contribution in [2.75, 3.05) is 13.1 Å². The minimum absolute atomic E-state index is 0.195. The number of amides is 2. The number of benzene rings is 2. The van der Waals surface area contributed by atoms with E-state index in [0.29, 0.717) is 36.0 Å². The maximum atomic E-state index is 13.5.